The van der Waals surface area contributed by atoms with Crippen LogP contribution in [0.2, 0.25) is 5.02 Å². The maximum Gasteiger partial charge on any atom is 0.163 e. The lowest BCUT2D eigenvalue weighted by atomic mass is 10.1. The summed E-state index contributed by atoms with van der Waals surface area (Å²) in [7, 11) is 1.55. The van der Waals surface area contributed by atoms with Crippen LogP contribution in [0.15, 0.2) is 17.6 Å². The molecule has 0 unspecified atom stereocenters. The van der Waals surface area contributed by atoms with Crippen LogP contribution < -0.4 is 4.74 Å². The molecule has 0 saturated heterocycles. The summed E-state index contributed by atoms with van der Waals surface area (Å²) in [6, 6.07) is 1.83. The maximum atomic E-state index is 6.00. The van der Waals surface area contributed by atoms with Crippen molar-refractivity contribution in [1.29, 1.82) is 0 Å². The van der Waals surface area contributed by atoms with Gasteiger partial charge in [0.2, 0.25) is 0 Å². The Morgan fingerprint density at radius 3 is 2.38 bits per heavy atom. The fourth-order valence-electron chi connectivity index (χ4n) is 1.36. The van der Waals surface area contributed by atoms with Crippen molar-refractivity contribution in [3.63, 3.8) is 0 Å². The zero-order chi connectivity index (χ0) is 12.7. The molecule has 0 atom stereocenters. The number of halogens is 1. The van der Waals surface area contributed by atoms with Gasteiger partial charge in [0.1, 0.15) is 5.69 Å². The molecule has 1 aromatic rings. The molecule has 1 rings (SSSR count). The lowest BCUT2D eigenvalue weighted by Gasteiger charge is -2.11. The Labute approximate surface area is 103 Å². The molecule has 0 bridgehead atoms. The van der Waals surface area contributed by atoms with Crippen LogP contribution in [0.5, 0.6) is 5.75 Å². The molecule has 0 aromatic heterocycles. The summed E-state index contributed by atoms with van der Waals surface area (Å²) in [4.78, 5) is 3.90. The van der Waals surface area contributed by atoms with Crippen molar-refractivity contribution in [2.45, 2.75) is 20.8 Å². The molecule has 0 fully saturated rings. The number of aryl methyl sites for hydroxylation is 1. The second kappa shape index (κ2) is 7.07. The zero-order valence-corrected chi connectivity index (χ0v) is 11.1. The van der Waals surface area contributed by atoms with E-state index in [1.54, 1.807) is 13.2 Å². The predicted molar refractivity (Wildman–Crippen MR) is 73.4 cm³/mol. The number of methoxy groups -OCH3 is 1. The van der Waals surface area contributed by atoms with E-state index >= 15 is 0 Å². The number of ether oxygens (including phenoxy) is 1. The Hall–Kier alpha value is -1.28. The van der Waals surface area contributed by atoms with Gasteiger partial charge >= 0.3 is 0 Å². The normalized spacial score (nSPS) is 8.81. The van der Waals surface area contributed by atoms with Crippen molar-refractivity contribution < 1.29 is 4.74 Å². The topological polar surface area (TPSA) is 21.6 Å². The number of aliphatic imine (C=N–C) groups is 1. The Balaban J connectivity index is 0.00000106. The number of nitrogens with zero attached hydrogens (tertiary/aromatic N) is 1. The second-order valence-corrected chi connectivity index (χ2v) is 3.24. The van der Waals surface area contributed by atoms with Gasteiger partial charge in [0.05, 0.1) is 12.1 Å². The van der Waals surface area contributed by atoms with Gasteiger partial charge in [-0.1, -0.05) is 38.1 Å². The number of hydrogen-bond acceptors (Lipinski definition) is 2. The first-order valence-corrected chi connectivity index (χ1v) is 5.49. The number of benzene rings is 1. The van der Waals surface area contributed by atoms with Crippen molar-refractivity contribution in [1.82, 2.24) is 0 Å². The molecule has 0 aliphatic rings. The molecule has 88 valence electrons. The highest BCUT2D eigenvalue weighted by Gasteiger charge is 2.12. The fourth-order valence-corrected chi connectivity index (χ4v) is 1.69. The SMILES string of the molecule is C=Cc1c(C)cc(Cl)c(OC)c1N=C.CC. The number of rotatable bonds is 3. The van der Waals surface area contributed by atoms with E-state index in [9.17, 15) is 0 Å². The summed E-state index contributed by atoms with van der Waals surface area (Å²) < 4.78 is 5.15. The third-order valence-electron chi connectivity index (χ3n) is 2.02. The van der Waals surface area contributed by atoms with Gasteiger partial charge in [-0.2, -0.15) is 0 Å². The van der Waals surface area contributed by atoms with E-state index in [-0.39, 0.29) is 0 Å². The standard InChI is InChI=1S/C11H12ClNO.C2H6/c1-5-8-7(2)6-9(12)11(14-4)10(8)13-3;1-2/h5-6H,1,3H2,2,4H3;1-2H3. The van der Waals surface area contributed by atoms with E-state index in [0.717, 1.165) is 11.1 Å². The van der Waals surface area contributed by atoms with Gasteiger partial charge in [-0.25, -0.2) is 0 Å². The molecule has 16 heavy (non-hydrogen) atoms. The Bertz CT molecular complexity index is 386. The zero-order valence-electron chi connectivity index (χ0n) is 10.3. The van der Waals surface area contributed by atoms with Crippen LogP contribution in [0, 0.1) is 6.92 Å². The summed E-state index contributed by atoms with van der Waals surface area (Å²) in [5.41, 5.74) is 2.56. The largest absolute Gasteiger partial charge is 0.493 e. The smallest absolute Gasteiger partial charge is 0.163 e. The molecule has 0 aliphatic heterocycles. The highest BCUT2D eigenvalue weighted by atomic mass is 35.5. The van der Waals surface area contributed by atoms with E-state index < -0.39 is 0 Å². The molecule has 2 nitrogen and oxygen atoms in total. The van der Waals surface area contributed by atoms with Gasteiger partial charge in [-0.3, -0.25) is 4.99 Å². The third kappa shape index (κ3) is 2.86. The minimum absolute atomic E-state index is 0.540. The van der Waals surface area contributed by atoms with E-state index in [4.69, 9.17) is 16.3 Å². The Morgan fingerprint density at radius 2 is 2.00 bits per heavy atom. The van der Waals surface area contributed by atoms with Crippen LogP contribution in [0.3, 0.4) is 0 Å². The predicted octanol–water partition coefficient (Wildman–Crippen LogP) is 4.66. The molecule has 1 aromatic carbocycles. The van der Waals surface area contributed by atoms with E-state index in [2.05, 4.69) is 18.3 Å². The summed E-state index contributed by atoms with van der Waals surface area (Å²) in [6.45, 7) is 13.2. The van der Waals surface area contributed by atoms with Crippen LogP contribution >= 0.6 is 11.6 Å². The van der Waals surface area contributed by atoms with Crippen molar-refractivity contribution in [3.05, 3.63) is 28.8 Å². The van der Waals surface area contributed by atoms with Gasteiger partial charge in [-0.15, -0.1) is 0 Å². The van der Waals surface area contributed by atoms with Crippen LogP contribution in [0.25, 0.3) is 6.08 Å². The molecule has 0 radical (unpaired) electrons. The summed E-state index contributed by atoms with van der Waals surface area (Å²) in [6.07, 6.45) is 1.72. The van der Waals surface area contributed by atoms with Gasteiger partial charge in [0, 0.05) is 5.56 Å². The Kier molecular flexibility index (Phi) is 6.50. The van der Waals surface area contributed by atoms with Crippen LogP contribution in [-0.4, -0.2) is 13.8 Å². The van der Waals surface area contributed by atoms with Crippen LogP contribution in [0.1, 0.15) is 25.0 Å². The van der Waals surface area contributed by atoms with Crippen molar-refractivity contribution in [2.24, 2.45) is 4.99 Å². The minimum Gasteiger partial charge on any atom is -0.493 e. The molecule has 0 N–H and O–H groups in total. The molecule has 0 heterocycles. The molecule has 0 spiro atoms. The highest BCUT2D eigenvalue weighted by Crippen LogP contribution is 2.40. The lowest BCUT2D eigenvalue weighted by Crippen LogP contribution is -1.90. The van der Waals surface area contributed by atoms with Gasteiger partial charge < -0.3 is 4.74 Å². The van der Waals surface area contributed by atoms with Gasteiger partial charge in [0.15, 0.2) is 5.75 Å². The minimum atomic E-state index is 0.540. The quantitative estimate of drug-likeness (QED) is 0.703. The first kappa shape index (κ1) is 14.7. The molecular formula is C13H18ClNO. The molecular weight excluding hydrogens is 222 g/mol. The molecule has 0 amide bonds. The highest BCUT2D eigenvalue weighted by molar-refractivity contribution is 6.32. The summed E-state index contributed by atoms with van der Waals surface area (Å²) in [5.74, 6) is 0.544. The van der Waals surface area contributed by atoms with Crippen molar-refractivity contribution >= 4 is 30.1 Å². The first-order chi connectivity index (χ1) is 7.65. The van der Waals surface area contributed by atoms with Crippen molar-refractivity contribution in [3.8, 4) is 5.75 Å². The van der Waals surface area contributed by atoms with Gasteiger partial charge in [-0.05, 0) is 25.3 Å². The molecule has 3 heteroatoms. The average molecular weight is 240 g/mol. The molecule has 0 aliphatic carbocycles. The van der Waals surface area contributed by atoms with E-state index in [0.29, 0.717) is 16.5 Å². The summed E-state index contributed by atoms with van der Waals surface area (Å²) in [5, 5.41) is 0.540. The van der Waals surface area contributed by atoms with E-state index in [1.807, 2.05) is 26.8 Å². The lowest BCUT2D eigenvalue weighted by molar-refractivity contribution is 0.416. The average Bonchev–Trinajstić information content (AvgIpc) is 2.30. The fraction of sp³-hybridized carbons (Fsp3) is 0.308. The van der Waals surface area contributed by atoms with Crippen LogP contribution in [-0.2, 0) is 0 Å². The third-order valence-corrected chi connectivity index (χ3v) is 2.30. The van der Waals surface area contributed by atoms with Gasteiger partial charge in [0.25, 0.3) is 0 Å². The Morgan fingerprint density at radius 1 is 1.44 bits per heavy atom. The van der Waals surface area contributed by atoms with Crippen molar-refractivity contribution in [2.75, 3.05) is 7.11 Å². The maximum absolute atomic E-state index is 6.00. The number of hydrogen-bond donors (Lipinski definition) is 0. The first-order valence-electron chi connectivity index (χ1n) is 5.12. The monoisotopic (exact) mass is 239 g/mol. The second-order valence-electron chi connectivity index (χ2n) is 2.83. The van der Waals surface area contributed by atoms with Crippen LogP contribution in [0.4, 0.5) is 5.69 Å². The van der Waals surface area contributed by atoms with E-state index in [1.165, 1.54) is 0 Å². The molecule has 0 saturated carbocycles. The summed E-state index contributed by atoms with van der Waals surface area (Å²) >= 11 is 6.00.